The molecule has 0 saturated heterocycles. The monoisotopic (exact) mass is 480 g/mol. The van der Waals surface area contributed by atoms with Crippen molar-refractivity contribution in [2.45, 2.75) is 97.8 Å². The molecule has 8 aliphatic carbocycles. The molecule has 2 nitrogen and oxygen atoms in total. The van der Waals surface area contributed by atoms with Gasteiger partial charge in [-0.25, -0.2) is 4.89 Å². The third-order valence-corrected chi connectivity index (χ3v) is 14.1. The summed E-state index contributed by atoms with van der Waals surface area (Å²) in [6.07, 6.45) is 3.33. The summed E-state index contributed by atoms with van der Waals surface area (Å²) in [5.74, 6) is 4.54. The topological polar surface area (TPSA) is 29.5 Å². The van der Waals surface area contributed by atoms with E-state index in [9.17, 15) is 5.26 Å². The van der Waals surface area contributed by atoms with Crippen LogP contribution in [0.25, 0.3) is 0 Å². The van der Waals surface area contributed by atoms with E-state index in [4.69, 9.17) is 4.89 Å². The van der Waals surface area contributed by atoms with Gasteiger partial charge in [0.25, 0.3) is 0 Å². The molecule has 1 N–H and O–H groups in total. The molecular weight excluding hydrogens is 437 g/mol. The first kappa shape index (κ1) is 22.9. The molecule has 0 aromatic heterocycles. The summed E-state index contributed by atoms with van der Waals surface area (Å²) in [4.78, 5) is 5.23. The minimum absolute atomic E-state index is 0.134. The summed E-state index contributed by atoms with van der Waals surface area (Å²) in [5.41, 5.74) is -2.75. The van der Waals surface area contributed by atoms with E-state index in [1.165, 1.54) is 19.3 Å². The molecule has 8 rings (SSSR count). The highest BCUT2D eigenvalue weighted by molar-refractivity contribution is 5.23. The lowest BCUT2D eigenvalue weighted by molar-refractivity contribution is -0.398. The Morgan fingerprint density at radius 1 is 0.794 bits per heavy atom. The van der Waals surface area contributed by atoms with Crippen LogP contribution in [0.4, 0.5) is 13.2 Å². The van der Waals surface area contributed by atoms with Crippen molar-refractivity contribution in [3.8, 4) is 0 Å². The Bertz CT molecular complexity index is 831. The fraction of sp³-hybridized carbons (Fsp3) is 1.00. The second kappa shape index (κ2) is 6.77. The minimum atomic E-state index is -4.36. The van der Waals surface area contributed by atoms with Crippen LogP contribution < -0.4 is 0 Å². The summed E-state index contributed by atoms with van der Waals surface area (Å²) in [6, 6.07) is 0. The zero-order valence-electron chi connectivity index (χ0n) is 21.3. The highest BCUT2D eigenvalue weighted by Gasteiger charge is 2.80. The smallest absolute Gasteiger partial charge is 0.251 e. The van der Waals surface area contributed by atoms with Crippen LogP contribution >= 0.6 is 0 Å². The van der Waals surface area contributed by atoms with E-state index in [-0.39, 0.29) is 23.7 Å². The van der Waals surface area contributed by atoms with Crippen LogP contribution in [0, 0.1) is 81.3 Å². The number of rotatable bonds is 4. The van der Waals surface area contributed by atoms with E-state index in [1.807, 2.05) is 13.8 Å². The molecule has 8 fully saturated rings. The van der Waals surface area contributed by atoms with Crippen molar-refractivity contribution in [1.82, 2.24) is 0 Å². The SMILES string of the molecule is CC1C(C)C2CC1C1C3CC(C21)C(C(OO)C(C)(C)C12CC4CC(CC(C4)C1)C2)(C(F)(F)F)C3. The van der Waals surface area contributed by atoms with Crippen molar-refractivity contribution in [3.63, 3.8) is 0 Å². The maximum atomic E-state index is 15.5. The van der Waals surface area contributed by atoms with Crippen molar-refractivity contribution in [3.05, 3.63) is 0 Å². The zero-order valence-corrected chi connectivity index (χ0v) is 21.3. The van der Waals surface area contributed by atoms with E-state index < -0.39 is 29.0 Å². The summed E-state index contributed by atoms with van der Waals surface area (Å²) >= 11 is 0. The van der Waals surface area contributed by atoms with E-state index in [2.05, 4.69) is 13.8 Å². The lowest BCUT2D eigenvalue weighted by atomic mass is 9.40. The van der Waals surface area contributed by atoms with Crippen LogP contribution in [0.15, 0.2) is 0 Å². The van der Waals surface area contributed by atoms with Crippen LogP contribution in [0.2, 0.25) is 0 Å². The second-order valence-electron chi connectivity index (χ2n) is 15.2. The predicted octanol–water partition coefficient (Wildman–Crippen LogP) is 7.83. The molecule has 10 unspecified atom stereocenters. The first-order chi connectivity index (χ1) is 15.9. The molecule has 0 aromatic carbocycles. The van der Waals surface area contributed by atoms with Crippen LogP contribution in [0.1, 0.15) is 85.5 Å². The Kier molecular flexibility index (Phi) is 4.55. The first-order valence-corrected chi connectivity index (χ1v) is 14.3. The van der Waals surface area contributed by atoms with Gasteiger partial charge in [-0.15, -0.1) is 0 Å². The Morgan fingerprint density at radius 2 is 1.32 bits per heavy atom. The molecular formula is C29H43F3O2. The van der Waals surface area contributed by atoms with Crippen molar-refractivity contribution in [2.75, 3.05) is 0 Å². The van der Waals surface area contributed by atoms with Gasteiger partial charge in [-0.05, 0) is 128 Å². The average molecular weight is 481 g/mol. The van der Waals surface area contributed by atoms with E-state index in [0.717, 1.165) is 25.7 Å². The number of alkyl halides is 3. The molecule has 0 spiro atoms. The van der Waals surface area contributed by atoms with Crippen molar-refractivity contribution >= 4 is 0 Å². The van der Waals surface area contributed by atoms with Crippen LogP contribution in [-0.2, 0) is 4.89 Å². The first-order valence-electron chi connectivity index (χ1n) is 14.3. The lowest BCUT2D eigenvalue weighted by Crippen LogP contribution is -2.65. The number of hydrogen-bond donors (Lipinski definition) is 1. The fourth-order valence-electron chi connectivity index (χ4n) is 13.2. The van der Waals surface area contributed by atoms with Gasteiger partial charge in [-0.1, -0.05) is 27.7 Å². The molecule has 5 heteroatoms. The summed E-state index contributed by atoms with van der Waals surface area (Å²) < 4.78 is 46.5. The van der Waals surface area contributed by atoms with Gasteiger partial charge in [0.1, 0.15) is 6.10 Å². The molecule has 0 aliphatic heterocycles. The van der Waals surface area contributed by atoms with E-state index in [0.29, 0.717) is 53.8 Å². The molecule has 0 amide bonds. The van der Waals surface area contributed by atoms with Gasteiger partial charge in [-0.2, -0.15) is 13.2 Å². The zero-order chi connectivity index (χ0) is 24.0. The van der Waals surface area contributed by atoms with Gasteiger partial charge in [0.2, 0.25) is 0 Å². The highest BCUT2D eigenvalue weighted by atomic mass is 19.4. The van der Waals surface area contributed by atoms with E-state index >= 15 is 13.2 Å². The second-order valence-corrected chi connectivity index (χ2v) is 15.2. The highest BCUT2D eigenvalue weighted by Crippen LogP contribution is 2.79. The van der Waals surface area contributed by atoms with E-state index in [1.54, 1.807) is 0 Å². The van der Waals surface area contributed by atoms with Gasteiger partial charge >= 0.3 is 6.18 Å². The summed E-state index contributed by atoms with van der Waals surface area (Å²) in [7, 11) is 0. The van der Waals surface area contributed by atoms with Gasteiger partial charge in [0.15, 0.2) is 0 Å². The molecule has 192 valence electrons. The Hall–Kier alpha value is -0.290. The molecule has 8 bridgehead atoms. The molecule has 8 aliphatic rings. The standard InChI is InChI=1S/C29H43F3O2/c1-14-15(2)21-9-20(14)23-19-8-22(24(21)23)28(13-19,29(30,31)32)25(34-33)26(3,4)27-10-16-5-17(11-27)7-18(6-16)12-27/h14-25,33H,5-13H2,1-4H3. The van der Waals surface area contributed by atoms with Gasteiger partial charge in [0.05, 0.1) is 5.41 Å². The molecule has 0 radical (unpaired) electrons. The Morgan fingerprint density at radius 3 is 1.82 bits per heavy atom. The van der Waals surface area contributed by atoms with Crippen LogP contribution in [0.5, 0.6) is 0 Å². The van der Waals surface area contributed by atoms with Crippen LogP contribution in [0.3, 0.4) is 0 Å². The van der Waals surface area contributed by atoms with Crippen molar-refractivity contribution in [2.24, 2.45) is 81.3 Å². The fourth-order valence-corrected chi connectivity index (χ4v) is 13.2. The maximum Gasteiger partial charge on any atom is 0.397 e. The number of hydrogen-bond acceptors (Lipinski definition) is 2. The number of fused-ring (bicyclic) bond motifs is 9. The lowest BCUT2D eigenvalue weighted by Gasteiger charge is -2.65. The molecule has 10 atom stereocenters. The predicted molar refractivity (Wildman–Crippen MR) is 123 cm³/mol. The molecule has 0 aromatic rings. The average Bonchev–Trinajstić information content (AvgIpc) is 3.46. The summed E-state index contributed by atoms with van der Waals surface area (Å²) in [5, 5.41) is 10.4. The Balaban J connectivity index is 1.30. The number of halogens is 3. The van der Waals surface area contributed by atoms with Gasteiger partial charge in [-0.3, -0.25) is 5.26 Å². The molecule has 8 saturated carbocycles. The minimum Gasteiger partial charge on any atom is -0.251 e. The normalized spacial score (nSPS) is 58.1. The van der Waals surface area contributed by atoms with Crippen molar-refractivity contribution < 1.29 is 23.3 Å². The quantitative estimate of drug-likeness (QED) is 0.252. The van der Waals surface area contributed by atoms with Crippen LogP contribution in [-0.4, -0.2) is 17.5 Å². The molecule has 34 heavy (non-hydrogen) atoms. The van der Waals surface area contributed by atoms with Gasteiger partial charge < -0.3 is 0 Å². The third-order valence-electron chi connectivity index (χ3n) is 14.1. The summed E-state index contributed by atoms with van der Waals surface area (Å²) in [6.45, 7) is 8.71. The maximum absolute atomic E-state index is 15.5. The van der Waals surface area contributed by atoms with Crippen molar-refractivity contribution in [1.29, 1.82) is 0 Å². The Labute approximate surface area is 202 Å². The third kappa shape index (κ3) is 2.48. The molecule has 0 heterocycles. The largest absolute Gasteiger partial charge is 0.397 e. The van der Waals surface area contributed by atoms with Gasteiger partial charge in [0, 0.05) is 5.41 Å².